The van der Waals surface area contributed by atoms with Crippen LogP contribution in [0, 0.1) is 5.92 Å². The third-order valence-corrected chi connectivity index (χ3v) is 11.5. The van der Waals surface area contributed by atoms with Gasteiger partial charge in [-0.05, 0) is 81.0 Å². The quantitative estimate of drug-likeness (QED) is 0.170. The highest BCUT2D eigenvalue weighted by molar-refractivity contribution is 6.06. The van der Waals surface area contributed by atoms with Crippen molar-refractivity contribution in [2.24, 2.45) is 16.6 Å². The van der Waals surface area contributed by atoms with E-state index in [1.165, 1.54) is 0 Å². The topological polar surface area (TPSA) is 169 Å². The Kier molecular flexibility index (Phi) is 8.16. The molecule has 270 valence electrons. The number of oxazole rings is 1. The highest BCUT2D eigenvalue weighted by atomic mass is 16.5. The van der Waals surface area contributed by atoms with Gasteiger partial charge in [-0.1, -0.05) is 26.0 Å². The number of ether oxygens (including phenoxy) is 1. The number of amides is 1. The van der Waals surface area contributed by atoms with Gasteiger partial charge in [0, 0.05) is 35.6 Å². The molecule has 4 aliphatic rings. The molecule has 5 aromatic rings. The minimum atomic E-state index is -0.508. The Morgan fingerprint density at radius 1 is 1.04 bits per heavy atom. The van der Waals surface area contributed by atoms with Crippen LogP contribution in [0.2, 0.25) is 0 Å². The average molecular weight is 703 g/mol. The first-order chi connectivity index (χ1) is 25.2. The molecule has 0 aliphatic carbocycles. The largest absolute Gasteiger partial charge is 0.472 e. The number of nitrogens with two attached hydrogens (primary N) is 2. The molecule has 0 saturated carbocycles. The fourth-order valence-electron chi connectivity index (χ4n) is 8.57. The number of benzene rings is 2. The van der Waals surface area contributed by atoms with E-state index in [-0.39, 0.29) is 42.1 Å². The van der Waals surface area contributed by atoms with Crippen molar-refractivity contribution in [3.8, 4) is 28.3 Å². The van der Waals surface area contributed by atoms with Crippen LogP contribution in [0.3, 0.4) is 0 Å². The van der Waals surface area contributed by atoms with Crippen LogP contribution in [-0.2, 0) is 11.5 Å². The number of nitrogens with zero attached hydrogens (tertiary/aromatic N) is 6. The minimum absolute atomic E-state index is 0.00541. The fourth-order valence-corrected chi connectivity index (χ4v) is 8.57. The number of hydrogen-bond donors (Lipinski definition) is 4. The van der Waals surface area contributed by atoms with E-state index in [2.05, 4.69) is 74.1 Å². The Hall–Kier alpha value is -4.98. The molecule has 4 aliphatic heterocycles. The van der Waals surface area contributed by atoms with Crippen LogP contribution in [-0.4, -0.2) is 78.8 Å². The van der Waals surface area contributed by atoms with Crippen LogP contribution in [0.1, 0.15) is 75.6 Å². The number of nitrogens with one attached hydrogen (secondary N) is 2. The fraction of sp³-hybridized carbons (Fsp3) is 0.436. The molecule has 52 heavy (non-hydrogen) atoms. The van der Waals surface area contributed by atoms with Gasteiger partial charge in [-0.2, -0.15) is 4.98 Å². The predicted octanol–water partition coefficient (Wildman–Crippen LogP) is 5.21. The van der Waals surface area contributed by atoms with Gasteiger partial charge < -0.3 is 35.1 Å². The molecule has 13 nitrogen and oxygen atoms in total. The maximum atomic E-state index is 13.1. The third kappa shape index (κ3) is 5.58. The zero-order valence-corrected chi connectivity index (χ0v) is 29.9. The minimum Gasteiger partial charge on any atom is -0.472 e. The molecule has 3 aromatic heterocycles. The molecule has 1 amide bonds. The number of H-pyrrole nitrogens is 1. The molecule has 5 atom stereocenters. The van der Waals surface area contributed by atoms with Crippen molar-refractivity contribution in [3.63, 3.8) is 0 Å². The summed E-state index contributed by atoms with van der Waals surface area (Å²) in [6.07, 6.45) is 7.54. The highest BCUT2D eigenvalue weighted by Gasteiger charge is 2.38. The molecular formula is C39H46N10O3. The van der Waals surface area contributed by atoms with Gasteiger partial charge in [0.2, 0.25) is 5.91 Å². The van der Waals surface area contributed by atoms with Gasteiger partial charge in [0.25, 0.3) is 6.01 Å². The first-order valence-corrected chi connectivity index (χ1v) is 18.5. The number of imidazole rings is 1. The van der Waals surface area contributed by atoms with Crippen LogP contribution in [0.5, 0.6) is 5.75 Å². The number of hydrogen-bond acceptors (Lipinski definition) is 10. The summed E-state index contributed by atoms with van der Waals surface area (Å²) in [5, 5.41) is 4.84. The Morgan fingerprint density at radius 3 is 2.71 bits per heavy atom. The average Bonchev–Trinajstić information content (AvgIpc) is 4.00. The lowest BCUT2D eigenvalue weighted by Gasteiger charge is -2.32. The molecule has 9 rings (SSSR count). The van der Waals surface area contributed by atoms with Crippen molar-refractivity contribution in [3.05, 3.63) is 72.0 Å². The van der Waals surface area contributed by atoms with Gasteiger partial charge in [-0.15, -0.1) is 0 Å². The van der Waals surface area contributed by atoms with E-state index in [4.69, 9.17) is 30.6 Å². The summed E-state index contributed by atoms with van der Waals surface area (Å²) in [6, 6.07) is 15.2. The standard InChI is InChI=1S/C39H46N10O3/c1-21(2)35(40)38(50)48-13-5-7-32(48)37-43-18-28(45-37)24-8-10-26-33-15-25-14-23(9-11-30(25)49(33)20-52-34(26)16-24)27-17-42-36(44-27)31-6-4-12-47(31)22(3)29-19-51-39(41)46-29/h8-11,14-16,18-19,21-22,31-32,35-36,42H,4-7,12-13,17,20,40H2,1-3H3,(H2,41,46)(H,43,45). The van der Waals surface area contributed by atoms with Crippen molar-refractivity contribution in [1.29, 1.82) is 0 Å². The lowest BCUT2D eigenvalue weighted by molar-refractivity contribution is -0.134. The van der Waals surface area contributed by atoms with Crippen molar-refractivity contribution < 1.29 is 13.9 Å². The zero-order chi connectivity index (χ0) is 35.7. The summed E-state index contributed by atoms with van der Waals surface area (Å²) >= 11 is 0. The van der Waals surface area contributed by atoms with Gasteiger partial charge >= 0.3 is 0 Å². The lowest BCUT2D eigenvalue weighted by Crippen LogP contribution is -2.46. The molecule has 0 spiro atoms. The molecule has 7 heterocycles. The Balaban J connectivity index is 0.936. The Morgan fingerprint density at radius 2 is 1.88 bits per heavy atom. The van der Waals surface area contributed by atoms with Crippen LogP contribution < -0.4 is 21.5 Å². The number of aliphatic imine (C=N–C) groups is 1. The SMILES string of the molecule is CC(C)C(N)C(=O)N1CCCC1c1ncc(-c2ccc3c(c2)OCn2c-3cc3cc(C4=NC(C5CCCN5C(C)c5coc(N)n5)NC4)ccc32)[nH]1. The van der Waals surface area contributed by atoms with E-state index >= 15 is 0 Å². The number of aromatic nitrogens is 4. The number of aromatic amines is 1. The summed E-state index contributed by atoms with van der Waals surface area (Å²) in [6.45, 7) is 8.98. The third-order valence-electron chi connectivity index (χ3n) is 11.5. The monoisotopic (exact) mass is 702 g/mol. The first kappa shape index (κ1) is 32.9. The molecule has 5 unspecified atom stereocenters. The molecule has 13 heteroatoms. The van der Waals surface area contributed by atoms with E-state index < -0.39 is 6.04 Å². The smallest absolute Gasteiger partial charge is 0.292 e. The summed E-state index contributed by atoms with van der Waals surface area (Å²) in [4.78, 5) is 35.3. The van der Waals surface area contributed by atoms with Gasteiger partial charge in [0.1, 0.15) is 24.0 Å². The molecule has 2 saturated heterocycles. The highest BCUT2D eigenvalue weighted by Crippen LogP contribution is 2.41. The molecule has 2 aromatic carbocycles. The number of carbonyl (C=O) groups excluding carboxylic acids is 1. The summed E-state index contributed by atoms with van der Waals surface area (Å²) in [7, 11) is 0. The van der Waals surface area contributed by atoms with E-state index in [1.807, 2.05) is 24.9 Å². The molecule has 0 radical (unpaired) electrons. The maximum Gasteiger partial charge on any atom is 0.292 e. The second-order valence-corrected chi connectivity index (χ2v) is 15.0. The van der Waals surface area contributed by atoms with Crippen molar-refractivity contribution in [2.45, 2.75) is 83.5 Å². The molecule has 2 fully saturated rings. The first-order valence-electron chi connectivity index (χ1n) is 18.5. The zero-order valence-electron chi connectivity index (χ0n) is 29.9. The van der Waals surface area contributed by atoms with Gasteiger partial charge in [-0.3, -0.25) is 20.0 Å². The predicted molar refractivity (Wildman–Crippen MR) is 199 cm³/mol. The number of rotatable bonds is 8. The van der Waals surface area contributed by atoms with Gasteiger partial charge in [0.15, 0.2) is 6.73 Å². The van der Waals surface area contributed by atoms with E-state index in [0.717, 1.165) is 101 Å². The van der Waals surface area contributed by atoms with Crippen LogP contribution in [0.15, 0.2) is 64.3 Å². The molecular weight excluding hydrogens is 656 g/mol. The number of carbonyl (C=O) groups is 1. The van der Waals surface area contributed by atoms with Crippen molar-refractivity contribution in [1.82, 2.24) is 34.6 Å². The van der Waals surface area contributed by atoms with E-state index in [1.54, 1.807) is 6.26 Å². The summed E-state index contributed by atoms with van der Waals surface area (Å²) in [5.74, 6) is 1.71. The number of fused-ring (bicyclic) bond motifs is 5. The van der Waals surface area contributed by atoms with Crippen LogP contribution >= 0.6 is 0 Å². The van der Waals surface area contributed by atoms with Crippen LogP contribution in [0.25, 0.3) is 33.4 Å². The normalized spacial score (nSPS) is 22.8. The number of likely N-dealkylation sites (tertiary alicyclic amines) is 2. The summed E-state index contributed by atoms with van der Waals surface area (Å²) < 4.78 is 13.9. The van der Waals surface area contributed by atoms with E-state index in [9.17, 15) is 4.79 Å². The van der Waals surface area contributed by atoms with Crippen molar-refractivity contribution >= 4 is 28.5 Å². The summed E-state index contributed by atoms with van der Waals surface area (Å²) in [5.41, 5.74) is 20.3. The molecule has 6 N–H and O–H groups in total. The van der Waals surface area contributed by atoms with Gasteiger partial charge in [-0.25, -0.2) is 4.98 Å². The second kappa shape index (κ2) is 12.9. The Bertz CT molecular complexity index is 2180. The van der Waals surface area contributed by atoms with Crippen LogP contribution in [0.4, 0.5) is 6.01 Å². The van der Waals surface area contributed by atoms with Gasteiger partial charge in [0.05, 0.1) is 52.6 Å². The number of nitrogen functional groups attached to an aromatic ring is 1. The number of anilines is 1. The Labute approximate surface area is 302 Å². The second-order valence-electron chi connectivity index (χ2n) is 15.0. The van der Waals surface area contributed by atoms with Crippen molar-refractivity contribution in [2.75, 3.05) is 25.4 Å². The van der Waals surface area contributed by atoms with E-state index in [0.29, 0.717) is 13.3 Å². The molecule has 0 bridgehead atoms. The lowest BCUT2D eigenvalue weighted by atomic mass is 10.0. The maximum absolute atomic E-state index is 13.1.